The Morgan fingerprint density at radius 3 is 2.71 bits per heavy atom. The second-order valence-corrected chi connectivity index (χ2v) is 7.01. The average molecular weight is 362 g/mol. The quantitative estimate of drug-likeness (QED) is 0.798. The third-order valence-electron chi connectivity index (χ3n) is 4.36. The molecule has 5 heteroatoms. The van der Waals surface area contributed by atoms with Crippen LogP contribution in [0.15, 0.2) is 16.6 Å². The first kappa shape index (κ1) is 16.8. The van der Waals surface area contributed by atoms with Gasteiger partial charge in [0.1, 0.15) is 11.6 Å². The van der Waals surface area contributed by atoms with E-state index in [9.17, 15) is 8.78 Å². The molecule has 1 saturated heterocycles. The number of hydrogen-bond donors (Lipinski definition) is 1. The molecule has 0 aliphatic carbocycles. The monoisotopic (exact) mass is 361 g/mol. The second kappa shape index (κ2) is 6.71. The van der Waals surface area contributed by atoms with Gasteiger partial charge in [0.05, 0.1) is 10.6 Å². The predicted octanol–water partition coefficient (Wildman–Crippen LogP) is 4.06. The van der Waals surface area contributed by atoms with Gasteiger partial charge in [-0.2, -0.15) is 0 Å². The molecule has 0 saturated carbocycles. The predicted molar refractivity (Wildman–Crippen MR) is 83.4 cm³/mol. The topological polar surface area (TPSA) is 21.3 Å². The maximum Gasteiger partial charge on any atom is 0.143 e. The van der Waals surface area contributed by atoms with Crippen LogP contribution in [0.4, 0.5) is 8.78 Å². The van der Waals surface area contributed by atoms with Crippen molar-refractivity contribution in [2.45, 2.75) is 45.8 Å². The summed E-state index contributed by atoms with van der Waals surface area (Å²) in [6.45, 7) is 7.45. The molecule has 2 rings (SSSR count). The number of hydrogen-bond acceptors (Lipinski definition) is 2. The Balaban J connectivity index is 2.30. The van der Waals surface area contributed by atoms with Crippen molar-refractivity contribution in [1.29, 1.82) is 0 Å². The molecule has 1 aromatic carbocycles. The molecule has 2 unspecified atom stereocenters. The lowest BCUT2D eigenvalue weighted by molar-refractivity contribution is 0.0612. The second-order valence-electron chi connectivity index (χ2n) is 6.16. The van der Waals surface area contributed by atoms with Crippen molar-refractivity contribution in [1.82, 2.24) is 5.32 Å². The van der Waals surface area contributed by atoms with Crippen molar-refractivity contribution in [2.75, 3.05) is 13.2 Å². The van der Waals surface area contributed by atoms with Gasteiger partial charge in [-0.3, -0.25) is 0 Å². The Hall–Kier alpha value is -0.520. The summed E-state index contributed by atoms with van der Waals surface area (Å²) in [5.74, 6) is -0.989. The van der Waals surface area contributed by atoms with E-state index in [0.717, 1.165) is 6.42 Å². The summed E-state index contributed by atoms with van der Waals surface area (Å²) in [6.07, 6.45) is 1.12. The summed E-state index contributed by atoms with van der Waals surface area (Å²) in [7, 11) is 0. The zero-order valence-electron chi connectivity index (χ0n) is 12.7. The minimum absolute atomic E-state index is 0.0264. The van der Waals surface area contributed by atoms with Crippen molar-refractivity contribution >= 4 is 15.9 Å². The van der Waals surface area contributed by atoms with Gasteiger partial charge in [0.15, 0.2) is 0 Å². The standard InChI is InChI=1S/C16H22BrF2NO/c1-10(2)20-9-16(6-7-21-11(16)3)8-12-14(18)5-4-13(17)15(12)19/h4-5,10-11,20H,6-9H2,1-3H3. The van der Waals surface area contributed by atoms with Gasteiger partial charge in [-0.05, 0) is 47.8 Å². The number of ether oxygens (including phenoxy) is 1. The maximum absolute atomic E-state index is 14.3. The lowest BCUT2D eigenvalue weighted by atomic mass is 9.76. The molecule has 1 N–H and O–H groups in total. The van der Waals surface area contributed by atoms with Gasteiger partial charge in [-0.25, -0.2) is 8.78 Å². The lowest BCUT2D eigenvalue weighted by Crippen LogP contribution is -2.43. The molecule has 2 atom stereocenters. The first-order chi connectivity index (χ1) is 9.85. The van der Waals surface area contributed by atoms with Gasteiger partial charge < -0.3 is 10.1 Å². The van der Waals surface area contributed by atoms with Crippen molar-refractivity contribution in [3.8, 4) is 0 Å². The molecular weight excluding hydrogens is 340 g/mol. The van der Waals surface area contributed by atoms with E-state index < -0.39 is 11.6 Å². The van der Waals surface area contributed by atoms with Crippen molar-refractivity contribution in [2.24, 2.45) is 5.41 Å². The molecule has 1 aliphatic heterocycles. The van der Waals surface area contributed by atoms with Crippen LogP contribution in [0, 0.1) is 17.0 Å². The molecule has 2 nitrogen and oxygen atoms in total. The highest BCUT2D eigenvalue weighted by molar-refractivity contribution is 9.10. The molecule has 0 radical (unpaired) electrons. The smallest absolute Gasteiger partial charge is 0.143 e. The molecule has 1 aromatic rings. The van der Waals surface area contributed by atoms with Crippen LogP contribution in [0.1, 0.15) is 32.8 Å². The fourth-order valence-corrected chi connectivity index (χ4v) is 3.21. The Kier molecular flexibility index (Phi) is 5.38. The van der Waals surface area contributed by atoms with Crippen LogP contribution in [-0.4, -0.2) is 25.3 Å². The summed E-state index contributed by atoms with van der Waals surface area (Å²) < 4.78 is 34.3. The Morgan fingerprint density at radius 1 is 1.43 bits per heavy atom. The van der Waals surface area contributed by atoms with Crippen LogP contribution in [0.2, 0.25) is 0 Å². The van der Waals surface area contributed by atoms with Gasteiger partial charge in [0.25, 0.3) is 0 Å². The van der Waals surface area contributed by atoms with E-state index in [0.29, 0.717) is 30.1 Å². The average Bonchev–Trinajstić information content (AvgIpc) is 2.79. The third-order valence-corrected chi connectivity index (χ3v) is 4.97. The normalized spacial score (nSPS) is 25.8. The molecule has 0 aromatic heterocycles. The highest BCUT2D eigenvalue weighted by Crippen LogP contribution is 2.39. The molecule has 1 fully saturated rings. The van der Waals surface area contributed by atoms with Crippen LogP contribution < -0.4 is 5.32 Å². The van der Waals surface area contributed by atoms with Crippen molar-refractivity contribution < 1.29 is 13.5 Å². The SMILES string of the molecule is CC(C)NCC1(Cc2c(F)ccc(Br)c2F)CCOC1C. The van der Waals surface area contributed by atoms with Gasteiger partial charge in [0.2, 0.25) is 0 Å². The van der Waals surface area contributed by atoms with Crippen LogP contribution in [0.3, 0.4) is 0 Å². The molecule has 0 bridgehead atoms. The Bertz CT molecular complexity index is 509. The van der Waals surface area contributed by atoms with Crippen molar-refractivity contribution in [3.63, 3.8) is 0 Å². The fourth-order valence-electron chi connectivity index (χ4n) is 2.84. The molecule has 118 valence electrons. The first-order valence-electron chi connectivity index (χ1n) is 7.33. The summed E-state index contributed by atoms with van der Waals surface area (Å²) in [5.41, 5.74) is -0.125. The summed E-state index contributed by atoms with van der Waals surface area (Å²) in [5, 5.41) is 3.40. The zero-order chi connectivity index (χ0) is 15.6. The highest BCUT2D eigenvalue weighted by Gasteiger charge is 2.42. The fraction of sp³-hybridized carbons (Fsp3) is 0.625. The highest BCUT2D eigenvalue weighted by atomic mass is 79.9. The van der Waals surface area contributed by atoms with Gasteiger partial charge in [-0.1, -0.05) is 13.8 Å². The van der Waals surface area contributed by atoms with E-state index in [-0.39, 0.29) is 17.1 Å². The van der Waals surface area contributed by atoms with Gasteiger partial charge in [0, 0.05) is 30.2 Å². The number of benzene rings is 1. The van der Waals surface area contributed by atoms with E-state index in [1.807, 2.05) is 6.92 Å². The lowest BCUT2D eigenvalue weighted by Gasteiger charge is -2.34. The van der Waals surface area contributed by atoms with Gasteiger partial charge >= 0.3 is 0 Å². The molecule has 21 heavy (non-hydrogen) atoms. The number of halogens is 3. The zero-order valence-corrected chi connectivity index (χ0v) is 14.3. The van der Waals surface area contributed by atoms with E-state index in [1.165, 1.54) is 12.1 Å². The molecule has 0 amide bonds. The third kappa shape index (κ3) is 3.63. The molecule has 0 spiro atoms. The Labute approximate surface area is 133 Å². The largest absolute Gasteiger partial charge is 0.378 e. The summed E-state index contributed by atoms with van der Waals surface area (Å²) in [4.78, 5) is 0. The molecule has 1 aliphatic rings. The van der Waals surface area contributed by atoms with Crippen molar-refractivity contribution in [3.05, 3.63) is 33.8 Å². The van der Waals surface area contributed by atoms with E-state index >= 15 is 0 Å². The number of nitrogens with one attached hydrogen (secondary N) is 1. The van der Waals surface area contributed by atoms with E-state index in [2.05, 4.69) is 35.1 Å². The minimum Gasteiger partial charge on any atom is -0.378 e. The van der Waals surface area contributed by atoms with Crippen LogP contribution >= 0.6 is 15.9 Å². The maximum atomic E-state index is 14.3. The molecule has 1 heterocycles. The first-order valence-corrected chi connectivity index (χ1v) is 8.12. The van der Waals surface area contributed by atoms with Gasteiger partial charge in [-0.15, -0.1) is 0 Å². The van der Waals surface area contributed by atoms with Crippen LogP contribution in [0.25, 0.3) is 0 Å². The minimum atomic E-state index is -0.502. The van der Waals surface area contributed by atoms with Crippen LogP contribution in [0.5, 0.6) is 0 Å². The summed E-state index contributed by atoms with van der Waals surface area (Å²) in [6, 6.07) is 3.04. The summed E-state index contributed by atoms with van der Waals surface area (Å²) >= 11 is 3.14. The van der Waals surface area contributed by atoms with Crippen LogP contribution in [-0.2, 0) is 11.2 Å². The van der Waals surface area contributed by atoms with E-state index in [1.54, 1.807) is 0 Å². The molecular formula is C16H22BrF2NO. The van der Waals surface area contributed by atoms with E-state index in [4.69, 9.17) is 4.74 Å². The Morgan fingerprint density at radius 2 is 2.14 bits per heavy atom. The number of rotatable bonds is 5.